The highest BCUT2D eigenvalue weighted by Crippen LogP contribution is 2.44. The summed E-state index contributed by atoms with van der Waals surface area (Å²) >= 11 is 0. The Bertz CT molecular complexity index is 1220. The Balaban J connectivity index is 1.39. The SMILES string of the molecule is O=C(NCC(O)C(O)c1c(C(F)(F)F)nc[nH]c1=O)OCC1c2ccccc2-c2ccccc21. The van der Waals surface area contributed by atoms with Crippen molar-refractivity contribution >= 4 is 6.09 Å². The van der Waals surface area contributed by atoms with Crippen molar-refractivity contribution in [1.29, 1.82) is 0 Å². The molecule has 3 aromatic rings. The van der Waals surface area contributed by atoms with Crippen molar-refractivity contribution in [2.75, 3.05) is 13.2 Å². The molecule has 1 aliphatic carbocycles. The lowest BCUT2D eigenvalue weighted by atomic mass is 9.98. The van der Waals surface area contributed by atoms with E-state index in [9.17, 15) is 33.0 Å². The third-order valence-electron chi connectivity index (χ3n) is 5.62. The Kier molecular flexibility index (Phi) is 6.40. The average Bonchev–Trinajstić information content (AvgIpc) is 3.13. The van der Waals surface area contributed by atoms with Gasteiger partial charge in [0.25, 0.3) is 5.56 Å². The topological polar surface area (TPSA) is 125 Å². The van der Waals surface area contributed by atoms with Crippen LogP contribution in [-0.4, -0.2) is 45.5 Å². The summed E-state index contributed by atoms with van der Waals surface area (Å²) in [4.78, 5) is 29.0. The van der Waals surface area contributed by atoms with Gasteiger partial charge in [0.15, 0.2) is 5.69 Å². The number of ether oxygens (including phenoxy) is 1. The van der Waals surface area contributed by atoms with E-state index in [1.807, 2.05) is 53.5 Å². The van der Waals surface area contributed by atoms with E-state index in [-0.39, 0.29) is 12.5 Å². The van der Waals surface area contributed by atoms with Crippen LogP contribution in [0.5, 0.6) is 0 Å². The largest absolute Gasteiger partial charge is 0.449 e. The van der Waals surface area contributed by atoms with Crippen LogP contribution in [0.25, 0.3) is 11.1 Å². The minimum absolute atomic E-state index is 0.0149. The van der Waals surface area contributed by atoms with Gasteiger partial charge in [-0.05, 0) is 22.3 Å². The molecule has 8 nitrogen and oxygen atoms in total. The fraction of sp³-hybridized carbons (Fsp3) is 0.261. The Morgan fingerprint density at radius 3 is 2.26 bits per heavy atom. The number of halogens is 3. The molecule has 2 aromatic carbocycles. The lowest BCUT2D eigenvalue weighted by Crippen LogP contribution is -2.39. The van der Waals surface area contributed by atoms with Crippen LogP contribution in [0.2, 0.25) is 0 Å². The second-order valence-electron chi connectivity index (χ2n) is 7.71. The summed E-state index contributed by atoms with van der Waals surface area (Å²) in [5.41, 5.74) is 0.0290. The molecular weight excluding hydrogens is 455 g/mol. The van der Waals surface area contributed by atoms with Crippen molar-refractivity contribution in [3.8, 4) is 11.1 Å². The van der Waals surface area contributed by atoms with E-state index >= 15 is 0 Å². The van der Waals surface area contributed by atoms with Gasteiger partial charge in [-0.25, -0.2) is 9.78 Å². The molecule has 4 N–H and O–H groups in total. The minimum atomic E-state index is -5.02. The summed E-state index contributed by atoms with van der Waals surface area (Å²) in [6, 6.07) is 15.4. The number of hydrogen-bond donors (Lipinski definition) is 4. The van der Waals surface area contributed by atoms with Crippen LogP contribution in [0, 0.1) is 0 Å². The zero-order valence-electron chi connectivity index (χ0n) is 17.5. The van der Waals surface area contributed by atoms with E-state index in [0.717, 1.165) is 22.3 Å². The maximum atomic E-state index is 13.1. The number of aromatic nitrogens is 2. The number of carbonyl (C=O) groups is 1. The normalized spacial score (nSPS) is 14.7. The first-order valence-electron chi connectivity index (χ1n) is 10.3. The third-order valence-corrected chi connectivity index (χ3v) is 5.62. The predicted molar refractivity (Wildman–Crippen MR) is 114 cm³/mol. The number of H-pyrrole nitrogens is 1. The van der Waals surface area contributed by atoms with Crippen LogP contribution < -0.4 is 10.9 Å². The van der Waals surface area contributed by atoms with Gasteiger partial charge < -0.3 is 25.3 Å². The van der Waals surface area contributed by atoms with Crippen LogP contribution in [0.1, 0.15) is 34.4 Å². The highest BCUT2D eigenvalue weighted by atomic mass is 19.4. The zero-order valence-corrected chi connectivity index (χ0v) is 17.5. The molecule has 0 fully saturated rings. The van der Waals surface area contributed by atoms with E-state index < -0.39 is 47.8 Å². The lowest BCUT2D eigenvalue weighted by Gasteiger charge is -2.20. The van der Waals surface area contributed by atoms with Crippen LogP contribution in [0.3, 0.4) is 0 Å². The molecule has 0 bridgehead atoms. The van der Waals surface area contributed by atoms with Crippen molar-refractivity contribution in [2.45, 2.75) is 24.3 Å². The monoisotopic (exact) mass is 475 g/mol. The molecule has 2 unspecified atom stereocenters. The number of carbonyl (C=O) groups excluding carboxylic acids is 1. The molecule has 1 aromatic heterocycles. The van der Waals surface area contributed by atoms with Crippen molar-refractivity contribution in [2.24, 2.45) is 0 Å². The first kappa shape index (κ1) is 23.5. The standard InChI is InChI=1S/C23H20F3N3O5/c24-23(25,26)20-18(21(32)29-11-28-20)19(31)17(30)9-27-22(33)34-10-16-14-7-3-1-5-12(14)13-6-2-4-8-15(13)16/h1-8,11,16-17,19,30-31H,9-10H2,(H,27,33)(H,28,29,32). The third kappa shape index (κ3) is 4.52. The molecule has 11 heteroatoms. The van der Waals surface area contributed by atoms with E-state index in [1.165, 1.54) is 0 Å². The molecule has 0 saturated heterocycles. The molecule has 0 radical (unpaired) electrons. The quantitative estimate of drug-likeness (QED) is 0.435. The average molecular weight is 475 g/mol. The summed E-state index contributed by atoms with van der Waals surface area (Å²) in [7, 11) is 0. The molecule has 34 heavy (non-hydrogen) atoms. The van der Waals surface area contributed by atoms with Gasteiger partial charge in [0, 0.05) is 12.5 Å². The number of aliphatic hydroxyl groups is 2. The van der Waals surface area contributed by atoms with Crippen molar-refractivity contribution in [1.82, 2.24) is 15.3 Å². The van der Waals surface area contributed by atoms with Gasteiger partial charge in [0.1, 0.15) is 18.8 Å². The second-order valence-corrected chi connectivity index (χ2v) is 7.71. The number of aliphatic hydroxyl groups excluding tert-OH is 2. The molecule has 0 aliphatic heterocycles. The van der Waals surface area contributed by atoms with Crippen LogP contribution >= 0.6 is 0 Å². The zero-order chi connectivity index (χ0) is 24.5. The van der Waals surface area contributed by atoms with Gasteiger partial charge >= 0.3 is 12.3 Å². The number of alkyl halides is 3. The number of alkyl carbamates (subject to hydrolysis) is 1. The minimum Gasteiger partial charge on any atom is -0.449 e. The molecule has 1 amide bonds. The summed E-state index contributed by atoms with van der Waals surface area (Å²) in [5.74, 6) is -0.211. The van der Waals surface area contributed by atoms with Gasteiger partial charge in [-0.3, -0.25) is 4.79 Å². The Labute approximate surface area is 191 Å². The highest BCUT2D eigenvalue weighted by Gasteiger charge is 2.40. The lowest BCUT2D eigenvalue weighted by molar-refractivity contribution is -0.143. The number of rotatable bonds is 6. The van der Waals surface area contributed by atoms with Crippen LogP contribution in [-0.2, 0) is 10.9 Å². The number of nitrogens with one attached hydrogen (secondary N) is 2. The first-order chi connectivity index (χ1) is 16.2. The van der Waals surface area contributed by atoms with Crippen LogP contribution in [0.4, 0.5) is 18.0 Å². The van der Waals surface area contributed by atoms with Gasteiger partial charge in [-0.15, -0.1) is 0 Å². The molecule has 178 valence electrons. The molecule has 1 aliphatic rings. The molecule has 0 spiro atoms. The smallest absolute Gasteiger partial charge is 0.433 e. The first-order valence-corrected chi connectivity index (χ1v) is 10.3. The van der Waals surface area contributed by atoms with E-state index in [0.29, 0.717) is 6.33 Å². The molecule has 4 rings (SSSR count). The predicted octanol–water partition coefficient (Wildman–Crippen LogP) is 2.72. The molecular formula is C23H20F3N3O5. The van der Waals surface area contributed by atoms with Gasteiger partial charge in [-0.2, -0.15) is 13.2 Å². The van der Waals surface area contributed by atoms with Crippen molar-refractivity contribution in [3.05, 3.63) is 87.6 Å². The molecule has 2 atom stereocenters. The van der Waals surface area contributed by atoms with Gasteiger partial charge in [0.2, 0.25) is 0 Å². The van der Waals surface area contributed by atoms with E-state index in [2.05, 4.69) is 10.3 Å². The summed E-state index contributed by atoms with van der Waals surface area (Å²) in [6.07, 6.45) is -9.59. The Morgan fingerprint density at radius 2 is 1.68 bits per heavy atom. The number of nitrogens with zero attached hydrogens (tertiary/aromatic N) is 1. The van der Waals surface area contributed by atoms with Crippen LogP contribution in [0.15, 0.2) is 59.7 Å². The number of amides is 1. The number of benzene rings is 2. The second kappa shape index (κ2) is 9.27. The summed E-state index contributed by atoms with van der Waals surface area (Å²) in [6.45, 7) is -0.678. The van der Waals surface area contributed by atoms with E-state index in [4.69, 9.17) is 4.74 Å². The van der Waals surface area contributed by atoms with Crippen molar-refractivity contribution in [3.63, 3.8) is 0 Å². The molecule has 0 saturated carbocycles. The number of aromatic amines is 1. The van der Waals surface area contributed by atoms with Gasteiger partial charge in [0.05, 0.1) is 11.9 Å². The highest BCUT2D eigenvalue weighted by molar-refractivity contribution is 5.79. The van der Waals surface area contributed by atoms with Crippen molar-refractivity contribution < 1.29 is 32.9 Å². The Morgan fingerprint density at radius 1 is 1.09 bits per heavy atom. The maximum absolute atomic E-state index is 13.1. The summed E-state index contributed by atoms with van der Waals surface area (Å²) < 4.78 is 44.7. The van der Waals surface area contributed by atoms with E-state index in [1.54, 1.807) is 0 Å². The summed E-state index contributed by atoms with van der Waals surface area (Å²) in [5, 5.41) is 22.4. The number of hydrogen-bond acceptors (Lipinski definition) is 6. The Hall–Kier alpha value is -3.70. The molecule has 1 heterocycles. The van der Waals surface area contributed by atoms with Gasteiger partial charge in [-0.1, -0.05) is 48.5 Å². The maximum Gasteiger partial charge on any atom is 0.433 e. The number of fused-ring (bicyclic) bond motifs is 3. The fourth-order valence-corrected chi connectivity index (χ4v) is 4.05. The fourth-order valence-electron chi connectivity index (χ4n) is 4.05.